The van der Waals surface area contributed by atoms with Gasteiger partial charge in [0.25, 0.3) is 0 Å². The molecule has 0 fully saturated rings. The van der Waals surface area contributed by atoms with Gasteiger partial charge < -0.3 is 10.2 Å². The van der Waals surface area contributed by atoms with Crippen molar-refractivity contribution in [3.8, 4) is 0 Å². The first kappa shape index (κ1) is 16.3. The largest absolute Gasteiger partial charge is 0.347 e. The Labute approximate surface area is 109 Å². The number of carbonyl (C=O) groups is 2. The van der Waals surface area contributed by atoms with E-state index in [1.54, 1.807) is 32.8 Å². The van der Waals surface area contributed by atoms with Crippen LogP contribution in [0.1, 0.15) is 33.6 Å². The van der Waals surface area contributed by atoms with Crippen molar-refractivity contribution in [2.45, 2.75) is 44.9 Å². The van der Waals surface area contributed by atoms with E-state index in [-0.39, 0.29) is 17.1 Å². The first-order chi connectivity index (χ1) is 7.90. The normalized spacial score (nSPS) is 13.9. The number of amides is 2. The van der Waals surface area contributed by atoms with Crippen LogP contribution < -0.4 is 5.32 Å². The van der Waals surface area contributed by atoms with Crippen molar-refractivity contribution < 1.29 is 9.59 Å². The van der Waals surface area contributed by atoms with E-state index in [0.29, 0.717) is 0 Å². The van der Waals surface area contributed by atoms with Crippen molar-refractivity contribution in [3.05, 3.63) is 0 Å². The third kappa shape index (κ3) is 6.56. The van der Waals surface area contributed by atoms with Gasteiger partial charge in [-0.15, -0.1) is 11.8 Å². The lowest BCUT2D eigenvalue weighted by Crippen LogP contribution is -2.46. The predicted octanol–water partition coefficient (Wildman–Crippen LogP) is 1.50. The summed E-state index contributed by atoms with van der Waals surface area (Å²) in [6.45, 7) is 5.72. The maximum absolute atomic E-state index is 11.8. The number of nitrogens with zero attached hydrogens (tertiary/aromatic N) is 1. The molecule has 1 N–H and O–H groups in total. The zero-order valence-electron chi connectivity index (χ0n) is 11.4. The van der Waals surface area contributed by atoms with Crippen LogP contribution in [0.3, 0.4) is 0 Å². The third-order valence-corrected chi connectivity index (χ3v) is 3.64. The van der Waals surface area contributed by atoms with Gasteiger partial charge >= 0.3 is 0 Å². The molecule has 0 heterocycles. The first-order valence-electron chi connectivity index (χ1n) is 6.03. The van der Waals surface area contributed by atoms with Crippen molar-refractivity contribution >= 4 is 23.6 Å². The molecule has 0 bridgehead atoms. The summed E-state index contributed by atoms with van der Waals surface area (Å²) >= 11 is 1.63. The van der Waals surface area contributed by atoms with E-state index in [0.717, 1.165) is 18.6 Å². The van der Waals surface area contributed by atoms with Gasteiger partial charge in [0.1, 0.15) is 6.04 Å². The van der Waals surface area contributed by atoms with E-state index in [1.807, 2.05) is 6.92 Å². The van der Waals surface area contributed by atoms with E-state index >= 15 is 0 Å². The smallest absolute Gasteiger partial charge is 0.244 e. The summed E-state index contributed by atoms with van der Waals surface area (Å²) in [4.78, 5) is 24.8. The lowest BCUT2D eigenvalue weighted by atomic mass is 10.3. The molecule has 0 aromatic heterocycles. The number of carbonyl (C=O) groups excluding carboxylic acids is 2. The fraction of sp³-hybridized carbons (Fsp3) is 0.833. The Morgan fingerprint density at radius 2 is 1.88 bits per heavy atom. The SMILES string of the molecule is CCCCS[C@H](C)C(=O)N[C@@H](C)C(=O)N(C)C. The second kappa shape index (κ2) is 8.39. The predicted molar refractivity (Wildman–Crippen MR) is 73.1 cm³/mol. The molecular weight excluding hydrogens is 236 g/mol. The molecule has 0 saturated carbocycles. The quantitative estimate of drug-likeness (QED) is 0.706. The molecule has 5 heteroatoms. The van der Waals surface area contributed by atoms with Gasteiger partial charge in [-0.3, -0.25) is 9.59 Å². The van der Waals surface area contributed by atoms with E-state index in [1.165, 1.54) is 4.90 Å². The molecule has 0 radical (unpaired) electrons. The monoisotopic (exact) mass is 260 g/mol. The molecule has 0 aliphatic heterocycles. The first-order valence-corrected chi connectivity index (χ1v) is 7.08. The Morgan fingerprint density at radius 1 is 1.29 bits per heavy atom. The molecule has 0 aromatic carbocycles. The average Bonchev–Trinajstić information content (AvgIpc) is 2.27. The van der Waals surface area contributed by atoms with Gasteiger partial charge in [-0.25, -0.2) is 0 Å². The maximum atomic E-state index is 11.8. The van der Waals surface area contributed by atoms with E-state index in [2.05, 4.69) is 12.2 Å². The van der Waals surface area contributed by atoms with Gasteiger partial charge in [-0.05, 0) is 26.0 Å². The van der Waals surface area contributed by atoms with Crippen LogP contribution in [0.2, 0.25) is 0 Å². The highest BCUT2D eigenvalue weighted by molar-refractivity contribution is 8.00. The molecule has 0 unspecified atom stereocenters. The highest BCUT2D eigenvalue weighted by atomic mass is 32.2. The highest BCUT2D eigenvalue weighted by Crippen LogP contribution is 2.12. The summed E-state index contributed by atoms with van der Waals surface area (Å²) < 4.78 is 0. The average molecular weight is 260 g/mol. The minimum absolute atomic E-state index is 0.0613. The number of thioether (sulfide) groups is 1. The lowest BCUT2D eigenvalue weighted by Gasteiger charge is -2.20. The van der Waals surface area contributed by atoms with Crippen molar-refractivity contribution in [2.24, 2.45) is 0 Å². The molecule has 0 aliphatic rings. The van der Waals surface area contributed by atoms with Gasteiger partial charge in [0.15, 0.2) is 0 Å². The number of unbranched alkanes of at least 4 members (excludes halogenated alkanes) is 1. The highest BCUT2D eigenvalue weighted by Gasteiger charge is 2.20. The molecule has 100 valence electrons. The molecule has 0 aromatic rings. The van der Waals surface area contributed by atoms with Crippen LogP contribution in [0.25, 0.3) is 0 Å². The standard InChI is InChI=1S/C12H24N2O2S/c1-6-7-8-17-10(3)11(15)13-9(2)12(16)14(4)5/h9-10H,6-8H2,1-5H3,(H,13,15)/t9-,10+/m0/s1. The summed E-state index contributed by atoms with van der Waals surface area (Å²) in [5, 5.41) is 2.64. The van der Waals surface area contributed by atoms with Gasteiger partial charge in [0, 0.05) is 14.1 Å². The molecule has 4 nitrogen and oxygen atoms in total. The minimum Gasteiger partial charge on any atom is -0.347 e. The molecule has 0 spiro atoms. The summed E-state index contributed by atoms with van der Waals surface area (Å²) in [5.74, 6) is 0.846. The van der Waals surface area contributed by atoms with Crippen LogP contribution in [-0.2, 0) is 9.59 Å². The molecule has 0 aliphatic carbocycles. The van der Waals surface area contributed by atoms with Gasteiger partial charge in [-0.1, -0.05) is 13.3 Å². The Hall–Kier alpha value is -0.710. The van der Waals surface area contributed by atoms with Crippen LogP contribution in [-0.4, -0.2) is 47.9 Å². The summed E-state index contributed by atoms with van der Waals surface area (Å²) in [6.07, 6.45) is 2.26. The number of hydrogen-bond acceptors (Lipinski definition) is 3. The second-order valence-electron chi connectivity index (χ2n) is 4.33. The fourth-order valence-electron chi connectivity index (χ4n) is 1.26. The zero-order chi connectivity index (χ0) is 13.4. The number of rotatable bonds is 7. The van der Waals surface area contributed by atoms with Crippen LogP contribution in [0, 0.1) is 0 Å². The Balaban J connectivity index is 4.02. The summed E-state index contributed by atoms with van der Waals surface area (Å²) in [5.41, 5.74) is 0. The van der Waals surface area contributed by atoms with Crippen LogP contribution >= 0.6 is 11.8 Å². The van der Waals surface area contributed by atoms with Crippen molar-refractivity contribution in [1.29, 1.82) is 0 Å². The topological polar surface area (TPSA) is 49.4 Å². The van der Waals surface area contributed by atoms with Crippen molar-refractivity contribution in [3.63, 3.8) is 0 Å². The fourth-order valence-corrected chi connectivity index (χ4v) is 2.29. The summed E-state index contributed by atoms with van der Waals surface area (Å²) in [7, 11) is 3.37. The van der Waals surface area contributed by atoms with Gasteiger partial charge in [0.05, 0.1) is 5.25 Å². The van der Waals surface area contributed by atoms with Crippen molar-refractivity contribution in [2.75, 3.05) is 19.8 Å². The molecule has 17 heavy (non-hydrogen) atoms. The maximum Gasteiger partial charge on any atom is 0.244 e. The Bertz CT molecular complexity index is 257. The van der Waals surface area contributed by atoms with E-state index in [4.69, 9.17) is 0 Å². The number of nitrogens with one attached hydrogen (secondary N) is 1. The second-order valence-corrected chi connectivity index (χ2v) is 5.78. The van der Waals surface area contributed by atoms with E-state index in [9.17, 15) is 9.59 Å². The van der Waals surface area contributed by atoms with E-state index < -0.39 is 6.04 Å². The van der Waals surface area contributed by atoms with Crippen LogP contribution in [0.5, 0.6) is 0 Å². The lowest BCUT2D eigenvalue weighted by molar-refractivity contribution is -0.133. The number of likely N-dealkylation sites (N-methyl/N-ethyl adjacent to an activating group) is 1. The van der Waals surface area contributed by atoms with Crippen LogP contribution in [0.15, 0.2) is 0 Å². The van der Waals surface area contributed by atoms with Gasteiger partial charge in [-0.2, -0.15) is 0 Å². The third-order valence-electron chi connectivity index (χ3n) is 2.40. The Kier molecular flexibility index (Phi) is 8.04. The van der Waals surface area contributed by atoms with Crippen molar-refractivity contribution in [1.82, 2.24) is 10.2 Å². The van der Waals surface area contributed by atoms with Gasteiger partial charge in [0.2, 0.25) is 11.8 Å². The molecule has 2 atom stereocenters. The summed E-state index contributed by atoms with van der Waals surface area (Å²) in [6, 6.07) is -0.452. The molecule has 0 rings (SSSR count). The molecular formula is C12H24N2O2S. The number of hydrogen-bond donors (Lipinski definition) is 1. The Morgan fingerprint density at radius 3 is 2.35 bits per heavy atom. The zero-order valence-corrected chi connectivity index (χ0v) is 12.3. The minimum atomic E-state index is -0.452. The molecule has 2 amide bonds. The van der Waals surface area contributed by atoms with Crippen LogP contribution in [0.4, 0.5) is 0 Å². The molecule has 0 saturated heterocycles.